The molecule has 0 aromatic heterocycles. The molecular formula is C11H13Br. The van der Waals surface area contributed by atoms with Crippen LogP contribution in [0.4, 0.5) is 0 Å². The lowest BCUT2D eigenvalue weighted by Crippen LogP contribution is -1.80. The molecule has 0 radical (unpaired) electrons. The van der Waals surface area contributed by atoms with Gasteiger partial charge >= 0.3 is 0 Å². The third-order valence-electron chi connectivity index (χ3n) is 1.68. The average molecular weight is 225 g/mol. The minimum absolute atomic E-state index is 1.14. The Morgan fingerprint density at radius 2 is 2.00 bits per heavy atom. The first-order valence-corrected chi connectivity index (χ1v) is 4.80. The smallest absolute Gasteiger partial charge is 0.0178 e. The summed E-state index contributed by atoms with van der Waals surface area (Å²) in [5.41, 5.74) is 3.95. The Bertz CT molecular complexity index is 307. The molecule has 0 spiro atoms. The third kappa shape index (κ3) is 2.49. The van der Waals surface area contributed by atoms with E-state index in [1.54, 1.807) is 0 Å². The Balaban J connectivity index is 3.10. The Morgan fingerprint density at radius 1 is 1.33 bits per heavy atom. The van der Waals surface area contributed by atoms with Crippen LogP contribution in [0.2, 0.25) is 0 Å². The summed E-state index contributed by atoms with van der Waals surface area (Å²) >= 11 is 3.44. The van der Waals surface area contributed by atoms with E-state index >= 15 is 0 Å². The Labute approximate surface area is 82.4 Å². The molecule has 0 bridgehead atoms. The summed E-state index contributed by atoms with van der Waals surface area (Å²) in [5, 5.41) is 0. The van der Waals surface area contributed by atoms with Crippen molar-refractivity contribution in [2.45, 2.75) is 20.8 Å². The summed E-state index contributed by atoms with van der Waals surface area (Å²) in [6, 6.07) is 6.34. The minimum Gasteiger partial charge on any atom is -0.0758 e. The quantitative estimate of drug-likeness (QED) is 0.672. The van der Waals surface area contributed by atoms with Crippen LogP contribution in [0.1, 0.15) is 25.0 Å². The predicted octanol–water partition coefficient (Wildman–Crippen LogP) is 4.18. The van der Waals surface area contributed by atoms with Crippen molar-refractivity contribution >= 4 is 22.0 Å². The molecule has 1 aromatic carbocycles. The number of hydrogen-bond acceptors (Lipinski definition) is 0. The maximum absolute atomic E-state index is 3.44. The van der Waals surface area contributed by atoms with Crippen LogP contribution in [0.3, 0.4) is 0 Å². The van der Waals surface area contributed by atoms with Gasteiger partial charge in [-0.05, 0) is 44.0 Å². The van der Waals surface area contributed by atoms with Gasteiger partial charge in [0.25, 0.3) is 0 Å². The van der Waals surface area contributed by atoms with E-state index < -0.39 is 0 Å². The lowest BCUT2D eigenvalue weighted by Gasteiger charge is -2.01. The molecule has 0 aliphatic rings. The summed E-state index contributed by atoms with van der Waals surface area (Å²) in [5.74, 6) is 0. The molecule has 12 heavy (non-hydrogen) atoms. The van der Waals surface area contributed by atoms with Crippen molar-refractivity contribution in [3.05, 3.63) is 39.4 Å². The largest absolute Gasteiger partial charge is 0.0758 e. The lowest BCUT2D eigenvalue weighted by molar-refractivity contribution is 1.38. The predicted molar refractivity (Wildman–Crippen MR) is 58.2 cm³/mol. The van der Waals surface area contributed by atoms with E-state index in [1.165, 1.54) is 16.7 Å². The monoisotopic (exact) mass is 224 g/mol. The fraction of sp³-hybridized carbons (Fsp3) is 0.273. The van der Waals surface area contributed by atoms with Crippen LogP contribution in [-0.4, -0.2) is 0 Å². The zero-order chi connectivity index (χ0) is 9.14. The van der Waals surface area contributed by atoms with Crippen molar-refractivity contribution in [2.75, 3.05) is 0 Å². The van der Waals surface area contributed by atoms with Crippen LogP contribution >= 0.6 is 15.9 Å². The van der Waals surface area contributed by atoms with E-state index in [0.717, 1.165) is 4.47 Å². The van der Waals surface area contributed by atoms with E-state index in [9.17, 15) is 0 Å². The van der Waals surface area contributed by atoms with Crippen molar-refractivity contribution < 1.29 is 0 Å². The number of halogens is 1. The molecule has 0 saturated carbocycles. The van der Waals surface area contributed by atoms with Gasteiger partial charge in [0.05, 0.1) is 0 Å². The summed E-state index contributed by atoms with van der Waals surface area (Å²) in [4.78, 5) is 0. The van der Waals surface area contributed by atoms with Gasteiger partial charge in [-0.2, -0.15) is 0 Å². The van der Waals surface area contributed by atoms with Gasteiger partial charge in [0.15, 0.2) is 0 Å². The first kappa shape index (κ1) is 9.53. The number of aryl methyl sites for hydroxylation is 1. The van der Waals surface area contributed by atoms with Crippen LogP contribution < -0.4 is 0 Å². The van der Waals surface area contributed by atoms with Crippen molar-refractivity contribution in [3.8, 4) is 0 Å². The molecular weight excluding hydrogens is 212 g/mol. The Morgan fingerprint density at radius 3 is 2.50 bits per heavy atom. The second kappa shape index (κ2) is 3.90. The van der Waals surface area contributed by atoms with Crippen LogP contribution in [0.15, 0.2) is 28.2 Å². The van der Waals surface area contributed by atoms with E-state index in [-0.39, 0.29) is 0 Å². The third-order valence-corrected chi connectivity index (χ3v) is 2.17. The maximum atomic E-state index is 3.44. The highest BCUT2D eigenvalue weighted by molar-refractivity contribution is 9.10. The molecule has 0 aliphatic heterocycles. The fourth-order valence-corrected chi connectivity index (χ4v) is 1.59. The van der Waals surface area contributed by atoms with Gasteiger partial charge in [0, 0.05) is 4.47 Å². The van der Waals surface area contributed by atoms with Crippen molar-refractivity contribution in [3.63, 3.8) is 0 Å². The topological polar surface area (TPSA) is 0 Å². The van der Waals surface area contributed by atoms with Crippen molar-refractivity contribution in [1.29, 1.82) is 0 Å². The van der Waals surface area contributed by atoms with Gasteiger partial charge in [-0.3, -0.25) is 0 Å². The SMILES string of the molecule is CC(C)=Cc1ccc(Br)cc1C. The molecule has 0 heterocycles. The highest BCUT2D eigenvalue weighted by Gasteiger charge is 1.94. The molecule has 64 valence electrons. The summed E-state index contributed by atoms with van der Waals surface area (Å²) < 4.78 is 1.14. The molecule has 0 nitrogen and oxygen atoms in total. The molecule has 0 unspecified atom stereocenters. The first-order valence-electron chi connectivity index (χ1n) is 4.00. The molecule has 0 amide bonds. The Kier molecular flexibility index (Phi) is 3.10. The zero-order valence-electron chi connectivity index (χ0n) is 7.69. The first-order chi connectivity index (χ1) is 5.59. The van der Waals surface area contributed by atoms with E-state index in [0.29, 0.717) is 0 Å². The highest BCUT2D eigenvalue weighted by Crippen LogP contribution is 2.17. The molecule has 0 aliphatic carbocycles. The molecule has 0 atom stereocenters. The van der Waals surface area contributed by atoms with Gasteiger partial charge in [0.1, 0.15) is 0 Å². The second-order valence-corrected chi connectivity index (χ2v) is 4.14. The number of rotatable bonds is 1. The van der Waals surface area contributed by atoms with Crippen LogP contribution in [-0.2, 0) is 0 Å². The summed E-state index contributed by atoms with van der Waals surface area (Å²) in [7, 11) is 0. The van der Waals surface area contributed by atoms with E-state index in [1.807, 2.05) is 0 Å². The molecule has 0 fully saturated rings. The molecule has 1 aromatic rings. The summed E-state index contributed by atoms with van der Waals surface area (Å²) in [6.45, 7) is 6.35. The second-order valence-electron chi connectivity index (χ2n) is 3.22. The van der Waals surface area contributed by atoms with Crippen LogP contribution in [0, 0.1) is 6.92 Å². The van der Waals surface area contributed by atoms with E-state index in [2.05, 4.69) is 61.0 Å². The molecule has 1 rings (SSSR count). The van der Waals surface area contributed by atoms with Gasteiger partial charge in [-0.25, -0.2) is 0 Å². The molecule has 0 N–H and O–H groups in total. The Hall–Kier alpha value is -0.560. The van der Waals surface area contributed by atoms with Gasteiger partial charge < -0.3 is 0 Å². The molecule has 0 saturated heterocycles. The van der Waals surface area contributed by atoms with Crippen molar-refractivity contribution in [2.24, 2.45) is 0 Å². The normalized spacial score (nSPS) is 9.67. The number of hydrogen-bond donors (Lipinski definition) is 0. The van der Waals surface area contributed by atoms with Crippen LogP contribution in [0.5, 0.6) is 0 Å². The summed E-state index contributed by atoms with van der Waals surface area (Å²) in [6.07, 6.45) is 2.20. The lowest BCUT2D eigenvalue weighted by atomic mass is 10.1. The highest BCUT2D eigenvalue weighted by atomic mass is 79.9. The van der Waals surface area contributed by atoms with Gasteiger partial charge in [0.2, 0.25) is 0 Å². The standard InChI is InChI=1S/C11H13Br/c1-8(2)6-10-4-5-11(12)7-9(10)3/h4-7H,1-3H3. The van der Waals surface area contributed by atoms with Crippen molar-refractivity contribution in [1.82, 2.24) is 0 Å². The van der Waals surface area contributed by atoms with Gasteiger partial charge in [-0.1, -0.05) is 33.6 Å². The number of allylic oxidation sites excluding steroid dienone is 1. The molecule has 1 heteroatoms. The maximum Gasteiger partial charge on any atom is 0.0178 e. The van der Waals surface area contributed by atoms with E-state index in [4.69, 9.17) is 0 Å². The number of benzene rings is 1. The van der Waals surface area contributed by atoms with Gasteiger partial charge in [-0.15, -0.1) is 0 Å². The minimum atomic E-state index is 1.14. The average Bonchev–Trinajstić information content (AvgIpc) is 1.94. The fourth-order valence-electron chi connectivity index (χ4n) is 1.11. The van der Waals surface area contributed by atoms with Crippen LogP contribution in [0.25, 0.3) is 6.08 Å². The zero-order valence-corrected chi connectivity index (χ0v) is 9.27.